The summed E-state index contributed by atoms with van der Waals surface area (Å²) < 4.78 is 5.54. The van der Waals surface area contributed by atoms with E-state index in [0.29, 0.717) is 12.5 Å². The highest BCUT2D eigenvalue weighted by Crippen LogP contribution is 2.24. The summed E-state index contributed by atoms with van der Waals surface area (Å²) >= 11 is 0. The zero-order valence-corrected chi connectivity index (χ0v) is 10.4. The van der Waals surface area contributed by atoms with E-state index in [1.807, 2.05) is 6.92 Å². The summed E-state index contributed by atoms with van der Waals surface area (Å²) in [6.07, 6.45) is 2.50. The number of amides is 1. The molecule has 1 aliphatic carbocycles. The SMILES string of the molecule is CC1(OCC(=O)NCC2CCC(O)C2)CNC1. The van der Waals surface area contributed by atoms with Gasteiger partial charge in [-0.15, -0.1) is 0 Å². The molecular formula is C12H22N2O3. The molecule has 2 fully saturated rings. The first kappa shape index (κ1) is 12.8. The third-order valence-corrected chi connectivity index (χ3v) is 3.65. The zero-order chi connectivity index (χ0) is 12.3. The van der Waals surface area contributed by atoms with Crippen molar-refractivity contribution in [2.45, 2.75) is 37.9 Å². The Labute approximate surface area is 102 Å². The lowest BCUT2D eigenvalue weighted by Crippen LogP contribution is -2.59. The highest BCUT2D eigenvalue weighted by Gasteiger charge is 2.33. The number of carbonyl (C=O) groups excluding carboxylic acids is 1. The molecule has 5 heteroatoms. The van der Waals surface area contributed by atoms with Gasteiger partial charge in [-0.3, -0.25) is 4.79 Å². The lowest BCUT2D eigenvalue weighted by molar-refractivity contribution is -0.136. The summed E-state index contributed by atoms with van der Waals surface area (Å²) in [5.74, 6) is 0.370. The number of hydrogen-bond acceptors (Lipinski definition) is 4. The standard InChI is InChI=1S/C12H22N2O3/c1-12(7-13-8-12)17-6-11(16)14-5-9-2-3-10(15)4-9/h9-10,13,15H,2-8H2,1H3,(H,14,16). The van der Waals surface area contributed by atoms with Crippen LogP contribution in [-0.4, -0.2) is 49.0 Å². The van der Waals surface area contributed by atoms with Gasteiger partial charge >= 0.3 is 0 Å². The number of ether oxygens (including phenoxy) is 1. The summed E-state index contributed by atoms with van der Waals surface area (Å²) in [6, 6.07) is 0. The molecule has 0 bridgehead atoms. The maximum absolute atomic E-state index is 11.5. The topological polar surface area (TPSA) is 70.6 Å². The Kier molecular flexibility index (Phi) is 4.01. The molecule has 1 aliphatic heterocycles. The Balaban J connectivity index is 1.57. The molecule has 1 saturated carbocycles. The van der Waals surface area contributed by atoms with E-state index in [1.54, 1.807) is 0 Å². The Hall–Kier alpha value is -0.650. The fourth-order valence-corrected chi connectivity index (χ4v) is 2.36. The summed E-state index contributed by atoms with van der Waals surface area (Å²) in [7, 11) is 0. The second-order valence-electron chi connectivity index (χ2n) is 5.48. The van der Waals surface area contributed by atoms with Gasteiger partial charge in [0.1, 0.15) is 6.61 Å². The quantitative estimate of drug-likeness (QED) is 0.616. The van der Waals surface area contributed by atoms with E-state index in [4.69, 9.17) is 4.74 Å². The average Bonchev–Trinajstić information content (AvgIpc) is 2.67. The first-order valence-corrected chi connectivity index (χ1v) is 6.37. The number of hydrogen-bond donors (Lipinski definition) is 3. The molecular weight excluding hydrogens is 220 g/mol. The van der Waals surface area contributed by atoms with Gasteiger partial charge in [0.25, 0.3) is 0 Å². The van der Waals surface area contributed by atoms with Gasteiger partial charge in [-0.1, -0.05) is 0 Å². The molecule has 0 radical (unpaired) electrons. The summed E-state index contributed by atoms with van der Waals surface area (Å²) in [5, 5.41) is 15.4. The van der Waals surface area contributed by atoms with Crippen LogP contribution in [0.3, 0.4) is 0 Å². The normalized spacial score (nSPS) is 30.9. The van der Waals surface area contributed by atoms with Crippen molar-refractivity contribution in [1.29, 1.82) is 0 Å². The predicted molar refractivity (Wildman–Crippen MR) is 63.6 cm³/mol. The largest absolute Gasteiger partial charge is 0.393 e. The fourth-order valence-electron chi connectivity index (χ4n) is 2.36. The van der Waals surface area contributed by atoms with E-state index in [2.05, 4.69) is 10.6 Å². The number of nitrogens with one attached hydrogen (secondary N) is 2. The highest BCUT2D eigenvalue weighted by atomic mass is 16.5. The van der Waals surface area contributed by atoms with Crippen LogP contribution in [0.5, 0.6) is 0 Å². The van der Waals surface area contributed by atoms with Crippen molar-refractivity contribution < 1.29 is 14.6 Å². The van der Waals surface area contributed by atoms with Crippen molar-refractivity contribution in [3.05, 3.63) is 0 Å². The van der Waals surface area contributed by atoms with Crippen molar-refractivity contribution in [1.82, 2.24) is 10.6 Å². The van der Waals surface area contributed by atoms with Crippen LogP contribution in [0.1, 0.15) is 26.2 Å². The van der Waals surface area contributed by atoms with Crippen LogP contribution >= 0.6 is 0 Å². The van der Waals surface area contributed by atoms with Gasteiger partial charge in [0, 0.05) is 19.6 Å². The third-order valence-electron chi connectivity index (χ3n) is 3.65. The van der Waals surface area contributed by atoms with Crippen molar-refractivity contribution in [2.75, 3.05) is 26.2 Å². The first-order chi connectivity index (χ1) is 8.07. The fraction of sp³-hybridized carbons (Fsp3) is 0.917. The molecule has 0 aromatic heterocycles. The van der Waals surface area contributed by atoms with Gasteiger partial charge in [0.2, 0.25) is 5.91 Å². The molecule has 3 N–H and O–H groups in total. The maximum atomic E-state index is 11.5. The smallest absolute Gasteiger partial charge is 0.246 e. The van der Waals surface area contributed by atoms with Gasteiger partial charge < -0.3 is 20.5 Å². The molecule has 1 heterocycles. The summed E-state index contributed by atoms with van der Waals surface area (Å²) in [4.78, 5) is 11.5. The number of aliphatic hydroxyl groups is 1. The molecule has 5 nitrogen and oxygen atoms in total. The molecule has 17 heavy (non-hydrogen) atoms. The van der Waals surface area contributed by atoms with Gasteiger partial charge in [0.15, 0.2) is 0 Å². The van der Waals surface area contributed by atoms with E-state index < -0.39 is 0 Å². The molecule has 2 atom stereocenters. The van der Waals surface area contributed by atoms with E-state index in [0.717, 1.165) is 32.4 Å². The lowest BCUT2D eigenvalue weighted by Gasteiger charge is -2.38. The van der Waals surface area contributed by atoms with Gasteiger partial charge in [0.05, 0.1) is 11.7 Å². The second-order valence-corrected chi connectivity index (χ2v) is 5.48. The lowest BCUT2D eigenvalue weighted by atomic mass is 10.0. The van der Waals surface area contributed by atoms with Gasteiger partial charge in [-0.2, -0.15) is 0 Å². The van der Waals surface area contributed by atoms with E-state index in [-0.39, 0.29) is 24.2 Å². The van der Waals surface area contributed by atoms with Crippen LogP contribution in [-0.2, 0) is 9.53 Å². The zero-order valence-electron chi connectivity index (χ0n) is 10.4. The first-order valence-electron chi connectivity index (χ1n) is 6.37. The Morgan fingerprint density at radius 3 is 2.82 bits per heavy atom. The van der Waals surface area contributed by atoms with Crippen LogP contribution in [0.2, 0.25) is 0 Å². The molecule has 2 rings (SSSR count). The van der Waals surface area contributed by atoms with Crippen LogP contribution < -0.4 is 10.6 Å². The molecule has 0 aromatic carbocycles. The monoisotopic (exact) mass is 242 g/mol. The molecule has 0 spiro atoms. The van der Waals surface area contributed by atoms with E-state index in [9.17, 15) is 9.90 Å². The van der Waals surface area contributed by atoms with Crippen molar-refractivity contribution >= 4 is 5.91 Å². The molecule has 2 aliphatic rings. The minimum atomic E-state index is -0.173. The van der Waals surface area contributed by atoms with Crippen molar-refractivity contribution in [3.8, 4) is 0 Å². The van der Waals surface area contributed by atoms with Crippen molar-refractivity contribution in [2.24, 2.45) is 5.92 Å². The van der Waals surface area contributed by atoms with Crippen molar-refractivity contribution in [3.63, 3.8) is 0 Å². The van der Waals surface area contributed by atoms with E-state index >= 15 is 0 Å². The van der Waals surface area contributed by atoms with E-state index in [1.165, 1.54) is 0 Å². The molecule has 2 unspecified atom stereocenters. The molecule has 1 saturated heterocycles. The van der Waals surface area contributed by atoms with Crippen LogP contribution in [0.15, 0.2) is 0 Å². The van der Waals surface area contributed by atoms with Gasteiger partial charge in [-0.25, -0.2) is 0 Å². The minimum absolute atomic E-state index is 0.0560. The van der Waals surface area contributed by atoms with Crippen LogP contribution in [0, 0.1) is 5.92 Å². The number of rotatable bonds is 5. The Morgan fingerprint density at radius 2 is 2.29 bits per heavy atom. The number of aliphatic hydroxyl groups excluding tert-OH is 1. The molecule has 1 amide bonds. The Morgan fingerprint density at radius 1 is 1.53 bits per heavy atom. The minimum Gasteiger partial charge on any atom is -0.393 e. The third kappa shape index (κ3) is 3.66. The molecule has 98 valence electrons. The Bertz CT molecular complexity index is 279. The van der Waals surface area contributed by atoms with Crippen LogP contribution in [0.25, 0.3) is 0 Å². The summed E-state index contributed by atoms with van der Waals surface area (Å²) in [5.41, 5.74) is -0.166. The average molecular weight is 242 g/mol. The number of carbonyl (C=O) groups is 1. The summed E-state index contributed by atoms with van der Waals surface area (Å²) in [6.45, 7) is 4.43. The van der Waals surface area contributed by atoms with Crippen LogP contribution in [0.4, 0.5) is 0 Å². The predicted octanol–water partition coefficient (Wildman–Crippen LogP) is -0.358. The second kappa shape index (κ2) is 5.33. The maximum Gasteiger partial charge on any atom is 0.246 e. The highest BCUT2D eigenvalue weighted by molar-refractivity contribution is 5.77. The molecule has 0 aromatic rings. The van der Waals surface area contributed by atoms with Gasteiger partial charge in [-0.05, 0) is 32.1 Å².